The van der Waals surface area contributed by atoms with Crippen molar-refractivity contribution in [2.75, 3.05) is 0 Å². The van der Waals surface area contributed by atoms with Gasteiger partial charge in [-0.3, -0.25) is 0 Å². The zero-order chi connectivity index (χ0) is 10.1. The Hall–Kier alpha value is -1.33. The second-order valence-corrected chi connectivity index (χ2v) is 4.10. The average Bonchev–Trinajstić information content (AvgIpc) is 2.93. The van der Waals surface area contributed by atoms with Crippen molar-refractivity contribution in [3.05, 3.63) is 34.4 Å². The molecule has 0 heterocycles. The van der Waals surface area contributed by atoms with E-state index in [1.807, 2.05) is 5.94 Å². The highest BCUT2D eigenvalue weighted by Crippen LogP contribution is 2.41. The van der Waals surface area contributed by atoms with E-state index < -0.39 is 0 Å². The van der Waals surface area contributed by atoms with Crippen molar-refractivity contribution in [1.29, 1.82) is 0 Å². The maximum Gasteiger partial charge on any atom is 0.125 e. The molecular weight excluding hydrogens is 172 g/mol. The lowest BCUT2D eigenvalue weighted by atomic mass is 9.97. The molecule has 1 saturated carbocycles. The first-order chi connectivity index (χ1) is 6.72. The lowest BCUT2D eigenvalue weighted by Crippen LogP contribution is -1.90. The molecule has 1 aromatic carbocycles. The van der Waals surface area contributed by atoms with E-state index in [1.54, 1.807) is 0 Å². The monoisotopic (exact) mass is 186 g/mol. The van der Waals surface area contributed by atoms with Crippen molar-refractivity contribution >= 4 is 12.0 Å². The summed E-state index contributed by atoms with van der Waals surface area (Å²) in [6.45, 7) is 4.12. The fourth-order valence-corrected chi connectivity index (χ4v) is 1.95. The van der Waals surface area contributed by atoms with Crippen LogP contribution in [0.2, 0.25) is 0 Å². The van der Waals surface area contributed by atoms with E-state index in [9.17, 15) is 4.79 Å². The van der Waals surface area contributed by atoms with Crippen LogP contribution in [0.5, 0.6) is 0 Å². The van der Waals surface area contributed by atoms with Crippen molar-refractivity contribution in [3.63, 3.8) is 0 Å². The minimum absolute atomic E-state index is 0.779. The van der Waals surface area contributed by atoms with E-state index in [1.165, 1.54) is 35.6 Å². The highest BCUT2D eigenvalue weighted by atomic mass is 16.1. The van der Waals surface area contributed by atoms with Gasteiger partial charge in [-0.25, -0.2) is 4.79 Å². The van der Waals surface area contributed by atoms with E-state index in [0.29, 0.717) is 0 Å². The van der Waals surface area contributed by atoms with Crippen LogP contribution < -0.4 is 0 Å². The Bertz CT molecular complexity index is 384. The highest BCUT2D eigenvalue weighted by molar-refractivity contribution is 5.77. The second-order valence-electron chi connectivity index (χ2n) is 4.10. The fraction of sp³-hybridized carbons (Fsp3) is 0.385. The average molecular weight is 186 g/mol. The van der Waals surface area contributed by atoms with Gasteiger partial charge in [0.2, 0.25) is 0 Å². The normalized spacial score (nSPS) is 15.0. The van der Waals surface area contributed by atoms with Gasteiger partial charge < -0.3 is 0 Å². The minimum atomic E-state index is 0.779. The second kappa shape index (κ2) is 3.43. The molecule has 0 radical (unpaired) electrons. The van der Waals surface area contributed by atoms with Crippen LogP contribution in [-0.2, 0) is 4.79 Å². The molecule has 1 aliphatic carbocycles. The molecule has 72 valence electrons. The molecule has 2 rings (SSSR count). The number of rotatable bonds is 2. The van der Waals surface area contributed by atoms with Crippen molar-refractivity contribution in [2.45, 2.75) is 32.6 Å². The first-order valence-corrected chi connectivity index (χ1v) is 5.04. The molecule has 0 spiro atoms. The molecule has 1 aliphatic rings. The molecule has 0 N–H and O–H groups in total. The van der Waals surface area contributed by atoms with Gasteiger partial charge in [-0.2, -0.15) is 0 Å². The Morgan fingerprint density at radius 3 is 2.29 bits per heavy atom. The van der Waals surface area contributed by atoms with Crippen LogP contribution in [-0.4, -0.2) is 5.94 Å². The van der Waals surface area contributed by atoms with Crippen molar-refractivity contribution in [2.24, 2.45) is 0 Å². The lowest BCUT2D eigenvalue weighted by molar-refractivity contribution is 0.570. The van der Waals surface area contributed by atoms with E-state index in [4.69, 9.17) is 0 Å². The van der Waals surface area contributed by atoms with Gasteiger partial charge in [0.1, 0.15) is 5.94 Å². The van der Waals surface area contributed by atoms with Crippen LogP contribution in [0.1, 0.15) is 41.0 Å². The van der Waals surface area contributed by atoms with E-state index in [0.717, 1.165) is 11.5 Å². The first-order valence-electron chi connectivity index (χ1n) is 5.04. The molecule has 0 saturated heterocycles. The number of hydrogen-bond acceptors (Lipinski definition) is 1. The Balaban J connectivity index is 2.48. The van der Waals surface area contributed by atoms with Gasteiger partial charge in [0.25, 0.3) is 0 Å². The van der Waals surface area contributed by atoms with E-state index in [-0.39, 0.29) is 0 Å². The Morgan fingerprint density at radius 2 is 1.86 bits per heavy atom. The van der Waals surface area contributed by atoms with Crippen LogP contribution in [0.15, 0.2) is 12.1 Å². The zero-order valence-electron chi connectivity index (χ0n) is 8.63. The fourth-order valence-electron chi connectivity index (χ4n) is 1.95. The number of aryl methyl sites for hydroxylation is 2. The van der Waals surface area contributed by atoms with Crippen LogP contribution in [0.3, 0.4) is 0 Å². The largest absolute Gasteiger partial charge is 0.233 e. The van der Waals surface area contributed by atoms with Gasteiger partial charge in [0.15, 0.2) is 0 Å². The lowest BCUT2D eigenvalue weighted by Gasteiger charge is -2.07. The maximum atomic E-state index is 10.3. The van der Waals surface area contributed by atoms with Gasteiger partial charge in [-0.1, -0.05) is 12.1 Å². The third-order valence-electron chi connectivity index (χ3n) is 2.87. The zero-order valence-corrected chi connectivity index (χ0v) is 8.63. The molecule has 0 bridgehead atoms. The van der Waals surface area contributed by atoms with E-state index >= 15 is 0 Å². The summed E-state index contributed by atoms with van der Waals surface area (Å²) in [5.74, 6) is 2.63. The molecule has 14 heavy (non-hydrogen) atoms. The molecule has 1 heteroatoms. The van der Waals surface area contributed by atoms with E-state index in [2.05, 4.69) is 26.0 Å². The van der Waals surface area contributed by atoms with Crippen LogP contribution in [0.25, 0.3) is 6.08 Å². The molecule has 1 fully saturated rings. The number of benzene rings is 1. The SMILES string of the molecule is Cc1cc(C2CC2)cc(C)c1C=C=O. The first kappa shape index (κ1) is 9.23. The highest BCUT2D eigenvalue weighted by Gasteiger charge is 2.24. The third-order valence-corrected chi connectivity index (χ3v) is 2.87. The Morgan fingerprint density at radius 1 is 1.29 bits per heavy atom. The molecule has 0 atom stereocenters. The minimum Gasteiger partial charge on any atom is -0.233 e. The topological polar surface area (TPSA) is 17.1 Å². The molecule has 0 aliphatic heterocycles. The Labute approximate surface area is 84.5 Å². The summed E-state index contributed by atoms with van der Waals surface area (Å²) in [4.78, 5) is 10.3. The number of carbonyl (C=O) groups excluding carboxylic acids is 1. The summed E-state index contributed by atoms with van der Waals surface area (Å²) >= 11 is 0. The third kappa shape index (κ3) is 1.64. The standard InChI is InChI=1S/C13H14O/c1-9-7-12(11-3-4-11)8-10(2)13(9)5-6-14/h5,7-8,11H,3-4H2,1-2H3. The van der Waals surface area contributed by atoms with Gasteiger partial charge in [-0.05, 0) is 54.9 Å². The van der Waals surface area contributed by atoms with Crippen LogP contribution in [0.4, 0.5) is 0 Å². The van der Waals surface area contributed by atoms with Crippen molar-refractivity contribution < 1.29 is 4.79 Å². The predicted octanol–water partition coefficient (Wildman–Crippen LogP) is 3.03. The smallest absolute Gasteiger partial charge is 0.125 e. The summed E-state index contributed by atoms with van der Waals surface area (Å²) in [6.07, 6.45) is 4.17. The molecule has 0 aromatic heterocycles. The quantitative estimate of drug-likeness (QED) is 0.649. The number of hydrogen-bond donors (Lipinski definition) is 0. The molecule has 0 unspecified atom stereocenters. The van der Waals surface area contributed by atoms with Crippen molar-refractivity contribution in [3.8, 4) is 0 Å². The summed E-state index contributed by atoms with van der Waals surface area (Å²) in [7, 11) is 0. The molecular formula is C13H14O. The molecule has 0 amide bonds. The summed E-state index contributed by atoms with van der Waals surface area (Å²) < 4.78 is 0. The van der Waals surface area contributed by atoms with Gasteiger partial charge in [0, 0.05) is 6.08 Å². The molecule has 1 nitrogen and oxygen atoms in total. The molecule has 1 aromatic rings. The summed E-state index contributed by atoms with van der Waals surface area (Å²) in [6, 6.07) is 4.40. The Kier molecular flexibility index (Phi) is 2.26. The van der Waals surface area contributed by atoms with Crippen LogP contribution in [0, 0.1) is 13.8 Å². The predicted molar refractivity (Wildman–Crippen MR) is 58.0 cm³/mol. The van der Waals surface area contributed by atoms with Crippen LogP contribution >= 0.6 is 0 Å². The van der Waals surface area contributed by atoms with Crippen molar-refractivity contribution in [1.82, 2.24) is 0 Å². The summed E-state index contributed by atoms with van der Waals surface area (Å²) in [5, 5.41) is 0. The maximum absolute atomic E-state index is 10.3. The van der Waals surface area contributed by atoms with Gasteiger partial charge in [0.05, 0.1) is 0 Å². The van der Waals surface area contributed by atoms with Gasteiger partial charge in [-0.15, -0.1) is 0 Å². The van der Waals surface area contributed by atoms with Gasteiger partial charge >= 0.3 is 0 Å². The summed E-state index contributed by atoms with van der Waals surface area (Å²) in [5.41, 5.74) is 4.85.